The van der Waals surface area contributed by atoms with E-state index in [1.54, 1.807) is 31.4 Å². The lowest BCUT2D eigenvalue weighted by molar-refractivity contribution is -0.113. The number of anilines is 1. The molecule has 0 aliphatic carbocycles. The SMILES string of the molecule is COc1ccc(NC(=O)CSc2cn(CCNC(=O)c3ccc(F)cc3)c3ccccc23)cc1. The zero-order chi connectivity index (χ0) is 23.9. The Morgan fingerprint density at radius 2 is 1.74 bits per heavy atom. The van der Waals surface area contributed by atoms with E-state index in [2.05, 4.69) is 15.2 Å². The Kier molecular flexibility index (Phi) is 7.49. The predicted molar refractivity (Wildman–Crippen MR) is 133 cm³/mol. The van der Waals surface area contributed by atoms with Crippen molar-refractivity contribution < 1.29 is 18.7 Å². The molecule has 0 aliphatic heterocycles. The molecule has 0 saturated heterocycles. The third kappa shape index (κ3) is 5.77. The van der Waals surface area contributed by atoms with Gasteiger partial charge in [-0.3, -0.25) is 9.59 Å². The number of amides is 2. The van der Waals surface area contributed by atoms with Crippen LogP contribution in [0.2, 0.25) is 0 Å². The fourth-order valence-electron chi connectivity index (χ4n) is 3.52. The van der Waals surface area contributed by atoms with E-state index < -0.39 is 0 Å². The maximum absolute atomic E-state index is 13.1. The molecule has 0 saturated carbocycles. The minimum absolute atomic E-state index is 0.0986. The Balaban J connectivity index is 1.36. The summed E-state index contributed by atoms with van der Waals surface area (Å²) in [5, 5.41) is 6.81. The molecule has 0 atom stereocenters. The van der Waals surface area contributed by atoms with Crippen molar-refractivity contribution >= 4 is 40.2 Å². The number of hydrogen-bond donors (Lipinski definition) is 2. The number of aromatic nitrogens is 1. The van der Waals surface area contributed by atoms with Crippen molar-refractivity contribution in [3.05, 3.63) is 90.4 Å². The summed E-state index contributed by atoms with van der Waals surface area (Å²) in [6.45, 7) is 0.975. The molecular weight excluding hydrogens is 453 g/mol. The maximum Gasteiger partial charge on any atom is 0.251 e. The fraction of sp³-hybridized carbons (Fsp3) is 0.154. The maximum atomic E-state index is 13.1. The number of hydrogen-bond acceptors (Lipinski definition) is 4. The van der Waals surface area contributed by atoms with Gasteiger partial charge in [0.1, 0.15) is 11.6 Å². The van der Waals surface area contributed by atoms with Crippen LogP contribution >= 0.6 is 11.8 Å². The van der Waals surface area contributed by atoms with Gasteiger partial charge in [-0.25, -0.2) is 4.39 Å². The van der Waals surface area contributed by atoms with Gasteiger partial charge in [-0.1, -0.05) is 18.2 Å². The molecule has 0 bridgehead atoms. The highest BCUT2D eigenvalue weighted by molar-refractivity contribution is 8.00. The van der Waals surface area contributed by atoms with Crippen molar-refractivity contribution in [2.24, 2.45) is 0 Å². The van der Waals surface area contributed by atoms with Gasteiger partial charge < -0.3 is 19.9 Å². The van der Waals surface area contributed by atoms with E-state index in [1.165, 1.54) is 36.0 Å². The first-order chi connectivity index (χ1) is 16.5. The molecule has 0 aliphatic rings. The zero-order valence-electron chi connectivity index (χ0n) is 18.6. The van der Waals surface area contributed by atoms with E-state index in [9.17, 15) is 14.0 Å². The van der Waals surface area contributed by atoms with E-state index in [-0.39, 0.29) is 23.4 Å². The van der Waals surface area contributed by atoms with Crippen molar-refractivity contribution in [3.63, 3.8) is 0 Å². The van der Waals surface area contributed by atoms with Crippen LogP contribution in [0, 0.1) is 5.82 Å². The molecule has 1 heterocycles. The molecule has 34 heavy (non-hydrogen) atoms. The van der Waals surface area contributed by atoms with Crippen LogP contribution in [0.3, 0.4) is 0 Å². The highest BCUT2D eigenvalue weighted by atomic mass is 32.2. The lowest BCUT2D eigenvalue weighted by Crippen LogP contribution is -2.27. The molecule has 3 aromatic carbocycles. The number of nitrogens with zero attached hydrogens (tertiary/aromatic N) is 1. The second-order valence-corrected chi connectivity index (χ2v) is 8.55. The van der Waals surface area contributed by atoms with Crippen molar-refractivity contribution in [2.75, 3.05) is 24.7 Å². The summed E-state index contributed by atoms with van der Waals surface area (Å²) in [6.07, 6.45) is 2.00. The average molecular weight is 478 g/mol. The van der Waals surface area contributed by atoms with Crippen molar-refractivity contribution in [2.45, 2.75) is 11.4 Å². The highest BCUT2D eigenvalue weighted by Gasteiger charge is 2.12. The monoisotopic (exact) mass is 477 g/mol. The zero-order valence-corrected chi connectivity index (χ0v) is 19.4. The summed E-state index contributed by atoms with van der Waals surface area (Å²) < 4.78 is 20.3. The molecule has 2 N–H and O–H groups in total. The number of carbonyl (C=O) groups excluding carboxylic acids is 2. The second kappa shape index (κ2) is 10.9. The lowest BCUT2D eigenvalue weighted by Gasteiger charge is -2.07. The molecule has 1 aromatic heterocycles. The average Bonchev–Trinajstić information content (AvgIpc) is 3.21. The van der Waals surface area contributed by atoms with Crippen LogP contribution in [0.5, 0.6) is 5.75 Å². The Bertz CT molecular complexity index is 1290. The topological polar surface area (TPSA) is 72.4 Å². The molecule has 0 unspecified atom stereocenters. The fourth-order valence-corrected chi connectivity index (χ4v) is 4.41. The largest absolute Gasteiger partial charge is 0.497 e. The van der Waals surface area contributed by atoms with Crippen molar-refractivity contribution in [1.82, 2.24) is 9.88 Å². The van der Waals surface area contributed by atoms with Gasteiger partial charge in [0.2, 0.25) is 5.91 Å². The van der Waals surface area contributed by atoms with Crippen LogP contribution in [0.4, 0.5) is 10.1 Å². The number of methoxy groups -OCH3 is 1. The molecule has 4 aromatic rings. The van der Waals surface area contributed by atoms with Crippen molar-refractivity contribution in [1.29, 1.82) is 0 Å². The van der Waals surface area contributed by atoms with Gasteiger partial charge in [-0.05, 0) is 54.6 Å². The summed E-state index contributed by atoms with van der Waals surface area (Å²) in [6, 6.07) is 20.6. The Morgan fingerprint density at radius 3 is 2.47 bits per heavy atom. The number of thioether (sulfide) groups is 1. The normalized spacial score (nSPS) is 10.8. The third-order valence-electron chi connectivity index (χ3n) is 5.23. The minimum atomic E-state index is -0.377. The standard InChI is InChI=1S/C26H24FN3O3S/c1-33-21-12-10-20(11-13-21)29-25(31)17-34-24-16-30(23-5-3-2-4-22(23)24)15-14-28-26(32)18-6-8-19(27)9-7-18/h2-13,16H,14-15,17H2,1H3,(H,28,32)(H,29,31). The smallest absolute Gasteiger partial charge is 0.251 e. The summed E-state index contributed by atoms with van der Waals surface area (Å²) in [4.78, 5) is 25.7. The highest BCUT2D eigenvalue weighted by Crippen LogP contribution is 2.30. The van der Waals surface area contributed by atoms with Crippen LogP contribution in [0.1, 0.15) is 10.4 Å². The molecule has 8 heteroatoms. The number of para-hydroxylation sites is 1. The second-order valence-electron chi connectivity index (χ2n) is 7.53. The van der Waals surface area contributed by atoms with Gasteiger partial charge in [0.05, 0.1) is 12.9 Å². The van der Waals surface area contributed by atoms with Gasteiger partial charge in [-0.2, -0.15) is 0 Å². The van der Waals surface area contributed by atoms with Crippen LogP contribution in [-0.4, -0.2) is 35.8 Å². The first kappa shape index (κ1) is 23.4. The van der Waals surface area contributed by atoms with E-state index in [1.807, 2.05) is 30.5 Å². The first-order valence-electron chi connectivity index (χ1n) is 10.7. The van der Waals surface area contributed by atoms with Crippen LogP contribution in [-0.2, 0) is 11.3 Å². The van der Waals surface area contributed by atoms with Gasteiger partial charge in [-0.15, -0.1) is 11.8 Å². The molecule has 174 valence electrons. The molecular formula is C26H24FN3O3S. The van der Waals surface area contributed by atoms with E-state index in [0.29, 0.717) is 24.3 Å². The number of halogens is 1. The lowest BCUT2D eigenvalue weighted by atomic mass is 10.2. The third-order valence-corrected chi connectivity index (χ3v) is 6.27. The Morgan fingerprint density at radius 1 is 1.00 bits per heavy atom. The summed E-state index contributed by atoms with van der Waals surface area (Å²) >= 11 is 1.46. The number of nitrogens with one attached hydrogen (secondary N) is 2. The van der Waals surface area contributed by atoms with E-state index in [4.69, 9.17) is 4.74 Å². The van der Waals surface area contributed by atoms with Gasteiger partial charge in [0, 0.05) is 46.3 Å². The molecule has 0 spiro atoms. The van der Waals surface area contributed by atoms with E-state index in [0.717, 1.165) is 21.5 Å². The van der Waals surface area contributed by atoms with Crippen LogP contribution < -0.4 is 15.4 Å². The Labute approximate surface area is 201 Å². The predicted octanol–water partition coefficient (Wildman–Crippen LogP) is 4.95. The number of carbonyl (C=O) groups is 2. The Hall–Kier alpha value is -3.78. The molecule has 0 fully saturated rings. The van der Waals surface area contributed by atoms with Gasteiger partial charge in [0.25, 0.3) is 5.91 Å². The first-order valence-corrected chi connectivity index (χ1v) is 11.7. The quantitative estimate of drug-likeness (QED) is 0.335. The van der Waals surface area contributed by atoms with Crippen molar-refractivity contribution in [3.8, 4) is 5.75 Å². The minimum Gasteiger partial charge on any atom is -0.497 e. The molecule has 0 radical (unpaired) electrons. The molecule has 4 rings (SSSR count). The summed E-state index contributed by atoms with van der Waals surface area (Å²) in [5.41, 5.74) is 2.15. The number of ether oxygens (including phenoxy) is 1. The molecule has 6 nitrogen and oxygen atoms in total. The summed E-state index contributed by atoms with van der Waals surface area (Å²) in [5.74, 6) is 0.272. The van der Waals surface area contributed by atoms with Gasteiger partial charge in [0.15, 0.2) is 0 Å². The van der Waals surface area contributed by atoms with Crippen LogP contribution in [0.15, 0.2) is 83.9 Å². The molecule has 2 amide bonds. The summed E-state index contributed by atoms with van der Waals surface area (Å²) in [7, 11) is 1.60. The number of benzene rings is 3. The van der Waals surface area contributed by atoms with Gasteiger partial charge >= 0.3 is 0 Å². The number of rotatable bonds is 9. The number of fused-ring (bicyclic) bond motifs is 1. The van der Waals surface area contributed by atoms with E-state index >= 15 is 0 Å². The van der Waals surface area contributed by atoms with Crippen LogP contribution in [0.25, 0.3) is 10.9 Å².